The maximum atomic E-state index is 13.6. The van der Waals surface area contributed by atoms with E-state index < -0.39 is 10.0 Å². The molecule has 0 aliphatic rings. The Morgan fingerprint density at radius 2 is 1.67 bits per heavy atom. The van der Waals surface area contributed by atoms with Gasteiger partial charge in [-0.3, -0.25) is 9.69 Å². The van der Waals surface area contributed by atoms with Gasteiger partial charge in [0.25, 0.3) is 5.91 Å². The molecule has 0 fully saturated rings. The number of fused-ring (bicyclic) bond motifs is 1. The molecule has 3 rings (SSSR count). The van der Waals surface area contributed by atoms with E-state index in [0.717, 1.165) is 40.6 Å². The molecule has 0 N–H and O–H groups in total. The van der Waals surface area contributed by atoms with Gasteiger partial charge >= 0.3 is 0 Å². The van der Waals surface area contributed by atoms with Crippen LogP contribution in [-0.4, -0.2) is 68.3 Å². The van der Waals surface area contributed by atoms with Crippen molar-refractivity contribution in [3.05, 3.63) is 52.5 Å². The van der Waals surface area contributed by atoms with Crippen LogP contribution in [0.5, 0.6) is 0 Å². The van der Waals surface area contributed by atoms with Gasteiger partial charge in [-0.15, -0.1) is 12.4 Å². The Labute approximate surface area is 233 Å². The van der Waals surface area contributed by atoms with E-state index in [4.69, 9.17) is 4.98 Å². The third-order valence-corrected chi connectivity index (χ3v) is 9.39. The lowest BCUT2D eigenvalue weighted by Crippen LogP contribution is -2.38. The number of unbranched alkanes of at least 4 members (excludes halogenated alkanes) is 1. The first-order valence-electron chi connectivity index (χ1n) is 11.9. The second-order valence-electron chi connectivity index (χ2n) is 8.30. The van der Waals surface area contributed by atoms with Crippen LogP contribution in [0.2, 0.25) is 0 Å². The molecular weight excluding hydrogens is 584 g/mol. The molecule has 0 aliphatic carbocycles. The molecule has 0 spiro atoms. The second-order valence-corrected chi connectivity index (χ2v) is 12.3. The summed E-state index contributed by atoms with van der Waals surface area (Å²) in [6.07, 6.45) is 1.71. The number of thiazole rings is 1. The van der Waals surface area contributed by atoms with Crippen LogP contribution in [0.3, 0.4) is 0 Å². The van der Waals surface area contributed by atoms with E-state index in [0.29, 0.717) is 30.3 Å². The molecule has 0 radical (unpaired) electrons. The minimum absolute atomic E-state index is 0. The van der Waals surface area contributed by atoms with Gasteiger partial charge in [0.1, 0.15) is 0 Å². The van der Waals surface area contributed by atoms with Crippen molar-refractivity contribution in [1.82, 2.24) is 14.2 Å². The van der Waals surface area contributed by atoms with Crippen LogP contribution < -0.4 is 4.90 Å². The zero-order valence-corrected chi connectivity index (χ0v) is 25.1. The Hall–Kier alpha value is -1.56. The molecule has 7 nitrogen and oxygen atoms in total. The first-order chi connectivity index (χ1) is 16.7. The first-order valence-corrected chi connectivity index (χ1v) is 14.9. The van der Waals surface area contributed by atoms with Gasteiger partial charge < -0.3 is 4.90 Å². The Kier molecular flexibility index (Phi) is 11.8. The second kappa shape index (κ2) is 13.8. The smallest absolute Gasteiger partial charge is 0.260 e. The fourth-order valence-corrected chi connectivity index (χ4v) is 6.42. The number of sulfonamides is 1. The number of carbonyl (C=O) groups is 1. The average Bonchev–Trinajstić information content (AvgIpc) is 3.27. The Morgan fingerprint density at radius 3 is 2.28 bits per heavy atom. The van der Waals surface area contributed by atoms with Gasteiger partial charge in [-0.2, -0.15) is 0 Å². The summed E-state index contributed by atoms with van der Waals surface area (Å²) in [5.41, 5.74) is 1.27. The fourth-order valence-electron chi connectivity index (χ4n) is 3.67. The molecule has 1 amide bonds. The van der Waals surface area contributed by atoms with Crippen molar-refractivity contribution in [2.75, 3.05) is 44.7 Å². The van der Waals surface area contributed by atoms with Crippen LogP contribution in [0, 0.1) is 0 Å². The normalized spacial score (nSPS) is 11.8. The van der Waals surface area contributed by atoms with E-state index >= 15 is 0 Å². The average molecular weight is 618 g/mol. The lowest BCUT2D eigenvalue weighted by molar-refractivity contribution is 0.0983. The molecule has 2 aromatic carbocycles. The van der Waals surface area contributed by atoms with Gasteiger partial charge in [-0.05, 0) is 62.0 Å². The molecule has 0 aliphatic heterocycles. The highest BCUT2D eigenvalue weighted by Crippen LogP contribution is 2.32. The predicted molar refractivity (Wildman–Crippen MR) is 155 cm³/mol. The summed E-state index contributed by atoms with van der Waals surface area (Å²) in [6.45, 7) is 9.67. The molecule has 0 unspecified atom stereocenters. The standard InChI is InChI=1S/C25H33BrN4O3S2.ClH/c1-5-8-15-28(4)35(32,33)21-12-9-19(10-13-21)24(31)30(17-16-29(6-2)7-3)25-27-22-14-11-20(26)18-23(22)34-25;/h9-14,18H,5-8,15-17H2,1-4H3;1H. The van der Waals surface area contributed by atoms with Gasteiger partial charge in [-0.1, -0.05) is 54.5 Å². The van der Waals surface area contributed by atoms with Crippen molar-refractivity contribution in [2.45, 2.75) is 38.5 Å². The van der Waals surface area contributed by atoms with E-state index in [-0.39, 0.29) is 23.2 Å². The Balaban J connectivity index is 0.00000456. The number of likely N-dealkylation sites (N-methyl/N-ethyl adjacent to an activating group) is 1. The molecule has 0 saturated heterocycles. The molecule has 36 heavy (non-hydrogen) atoms. The number of benzene rings is 2. The molecule has 3 aromatic rings. The van der Waals surface area contributed by atoms with Crippen LogP contribution in [-0.2, 0) is 10.0 Å². The number of hydrogen-bond donors (Lipinski definition) is 0. The molecule has 0 atom stereocenters. The summed E-state index contributed by atoms with van der Waals surface area (Å²) >= 11 is 4.97. The van der Waals surface area contributed by atoms with Crippen molar-refractivity contribution in [3.63, 3.8) is 0 Å². The van der Waals surface area contributed by atoms with E-state index in [1.807, 2.05) is 25.1 Å². The number of halogens is 2. The van der Waals surface area contributed by atoms with E-state index in [1.54, 1.807) is 24.1 Å². The van der Waals surface area contributed by atoms with Crippen LogP contribution >= 0.6 is 39.7 Å². The molecule has 11 heteroatoms. The number of anilines is 1. The van der Waals surface area contributed by atoms with Crippen molar-refractivity contribution >= 4 is 71.0 Å². The summed E-state index contributed by atoms with van der Waals surface area (Å²) < 4.78 is 29.0. The largest absolute Gasteiger partial charge is 0.302 e. The van der Waals surface area contributed by atoms with Gasteiger partial charge in [-0.25, -0.2) is 17.7 Å². The minimum atomic E-state index is -3.59. The zero-order valence-electron chi connectivity index (χ0n) is 21.1. The summed E-state index contributed by atoms with van der Waals surface area (Å²) in [7, 11) is -2.00. The molecular formula is C25H34BrClN4O3S2. The number of rotatable bonds is 12. The highest BCUT2D eigenvalue weighted by atomic mass is 79.9. The van der Waals surface area contributed by atoms with Crippen molar-refractivity contribution in [2.24, 2.45) is 0 Å². The van der Waals surface area contributed by atoms with E-state index in [2.05, 4.69) is 34.7 Å². The third kappa shape index (κ3) is 7.26. The number of amides is 1. The van der Waals surface area contributed by atoms with Crippen molar-refractivity contribution in [1.29, 1.82) is 0 Å². The van der Waals surface area contributed by atoms with Crippen molar-refractivity contribution in [3.8, 4) is 0 Å². The third-order valence-electron chi connectivity index (χ3n) is 5.99. The molecule has 0 bridgehead atoms. The zero-order chi connectivity index (χ0) is 25.6. The quantitative estimate of drug-likeness (QED) is 0.253. The maximum absolute atomic E-state index is 13.6. The van der Waals surface area contributed by atoms with Crippen LogP contribution in [0.4, 0.5) is 5.13 Å². The summed E-state index contributed by atoms with van der Waals surface area (Å²) in [5, 5.41) is 0.631. The number of nitrogens with zero attached hydrogens (tertiary/aromatic N) is 4. The highest BCUT2D eigenvalue weighted by molar-refractivity contribution is 9.10. The summed E-state index contributed by atoms with van der Waals surface area (Å²) in [5.74, 6) is -0.196. The molecule has 1 aromatic heterocycles. The lowest BCUT2D eigenvalue weighted by Gasteiger charge is -2.25. The number of carbonyl (C=O) groups excluding carboxylic acids is 1. The van der Waals surface area contributed by atoms with Crippen LogP contribution in [0.15, 0.2) is 51.8 Å². The topological polar surface area (TPSA) is 73.8 Å². The van der Waals surface area contributed by atoms with E-state index in [1.165, 1.54) is 27.8 Å². The van der Waals surface area contributed by atoms with Crippen LogP contribution in [0.25, 0.3) is 10.2 Å². The Morgan fingerprint density at radius 1 is 1.00 bits per heavy atom. The van der Waals surface area contributed by atoms with E-state index in [9.17, 15) is 13.2 Å². The first kappa shape index (κ1) is 30.7. The fraction of sp³-hybridized carbons (Fsp3) is 0.440. The predicted octanol–water partition coefficient (Wildman–Crippen LogP) is 5.89. The minimum Gasteiger partial charge on any atom is -0.302 e. The summed E-state index contributed by atoms with van der Waals surface area (Å²) in [4.78, 5) is 22.5. The monoisotopic (exact) mass is 616 g/mol. The van der Waals surface area contributed by atoms with Gasteiger partial charge in [0.15, 0.2) is 5.13 Å². The lowest BCUT2D eigenvalue weighted by atomic mass is 10.2. The molecule has 0 saturated carbocycles. The molecule has 198 valence electrons. The van der Waals surface area contributed by atoms with Crippen LogP contribution in [0.1, 0.15) is 44.0 Å². The highest BCUT2D eigenvalue weighted by Gasteiger charge is 2.24. The number of aromatic nitrogens is 1. The molecule has 1 heterocycles. The Bertz CT molecular complexity index is 1250. The van der Waals surface area contributed by atoms with Gasteiger partial charge in [0.05, 0.1) is 15.1 Å². The van der Waals surface area contributed by atoms with Crippen molar-refractivity contribution < 1.29 is 13.2 Å². The number of hydrogen-bond acceptors (Lipinski definition) is 6. The SMILES string of the molecule is CCCCN(C)S(=O)(=O)c1ccc(C(=O)N(CCN(CC)CC)c2nc3ccc(Br)cc3s2)cc1.Cl. The van der Waals surface area contributed by atoms with Gasteiger partial charge in [0, 0.05) is 36.7 Å². The summed E-state index contributed by atoms with van der Waals surface area (Å²) in [6, 6.07) is 12.1. The van der Waals surface area contributed by atoms with Gasteiger partial charge in [0.2, 0.25) is 10.0 Å². The maximum Gasteiger partial charge on any atom is 0.260 e.